The Kier molecular flexibility index (Phi) is 6.40. The number of nitriles is 1. The molecule has 1 fully saturated rings. The Morgan fingerprint density at radius 2 is 2.00 bits per heavy atom. The number of nitrogens with two attached hydrogens (primary N) is 1. The summed E-state index contributed by atoms with van der Waals surface area (Å²) in [7, 11) is 0. The lowest BCUT2D eigenvalue weighted by Crippen LogP contribution is -2.34. The van der Waals surface area contributed by atoms with Gasteiger partial charge in [-0.15, -0.1) is 0 Å². The molecule has 2 rings (SSSR count). The summed E-state index contributed by atoms with van der Waals surface area (Å²) in [4.78, 5) is 25.8. The molecule has 0 aliphatic carbocycles. The van der Waals surface area contributed by atoms with Crippen LogP contribution >= 0.6 is 0 Å². The third-order valence-electron chi connectivity index (χ3n) is 3.99. The zero-order valence-electron chi connectivity index (χ0n) is 14.2. The van der Waals surface area contributed by atoms with E-state index in [-0.39, 0.29) is 17.5 Å². The molecule has 1 aromatic rings. The monoisotopic (exact) mass is 342 g/mol. The molecular formula is C18H22N4O3. The molecule has 25 heavy (non-hydrogen) atoms. The largest absolute Gasteiger partial charge is 0.466 e. The maximum absolute atomic E-state index is 12.2. The molecule has 3 N–H and O–H groups in total. The number of carbonyl (C=O) groups is 2. The van der Waals surface area contributed by atoms with Gasteiger partial charge >= 0.3 is 5.97 Å². The molecule has 7 nitrogen and oxygen atoms in total. The van der Waals surface area contributed by atoms with Crippen molar-refractivity contribution in [3.8, 4) is 6.07 Å². The highest BCUT2D eigenvalue weighted by molar-refractivity contribution is 6.06. The van der Waals surface area contributed by atoms with Gasteiger partial charge in [-0.2, -0.15) is 5.26 Å². The molecule has 0 saturated carbocycles. The highest BCUT2D eigenvalue weighted by Gasteiger charge is 2.25. The van der Waals surface area contributed by atoms with Crippen LogP contribution in [0.3, 0.4) is 0 Å². The normalized spacial score (nSPS) is 15.4. The van der Waals surface area contributed by atoms with Gasteiger partial charge in [0.25, 0.3) is 5.91 Å². The fourth-order valence-electron chi connectivity index (χ4n) is 2.61. The number of hydrogen-bond acceptors (Lipinski definition) is 6. The van der Waals surface area contributed by atoms with E-state index in [0.717, 1.165) is 0 Å². The van der Waals surface area contributed by atoms with Gasteiger partial charge in [0.1, 0.15) is 11.6 Å². The highest BCUT2D eigenvalue weighted by Crippen LogP contribution is 2.20. The van der Waals surface area contributed by atoms with Crippen LogP contribution in [0.4, 0.5) is 11.4 Å². The fraction of sp³-hybridized carbons (Fsp3) is 0.389. The lowest BCUT2D eigenvalue weighted by Gasteiger charge is -2.30. The average Bonchev–Trinajstić information content (AvgIpc) is 2.62. The second-order valence-electron chi connectivity index (χ2n) is 5.79. The average molecular weight is 342 g/mol. The van der Waals surface area contributed by atoms with Crippen molar-refractivity contribution >= 4 is 23.3 Å². The van der Waals surface area contributed by atoms with Gasteiger partial charge in [0, 0.05) is 30.7 Å². The molecule has 1 saturated heterocycles. The first kappa shape index (κ1) is 18.3. The molecular weight excluding hydrogens is 320 g/mol. The Morgan fingerprint density at radius 1 is 1.36 bits per heavy atom. The number of hydrogen-bond donors (Lipinski definition) is 2. The Bertz CT molecular complexity index is 683. The fourth-order valence-corrected chi connectivity index (χ4v) is 2.61. The van der Waals surface area contributed by atoms with Crippen molar-refractivity contribution in [2.75, 3.05) is 30.7 Å². The SMILES string of the molecule is CCOC(=O)C1CCN(/C=C(/C#N)C(=O)Nc2ccc(N)cc2)CC1. The number of amides is 1. The van der Waals surface area contributed by atoms with Gasteiger partial charge in [0.05, 0.1) is 12.5 Å². The van der Waals surface area contributed by atoms with Gasteiger partial charge in [-0.1, -0.05) is 0 Å². The smallest absolute Gasteiger partial charge is 0.309 e. The molecule has 0 aromatic heterocycles. The van der Waals surface area contributed by atoms with Crippen LogP contribution in [0.25, 0.3) is 0 Å². The van der Waals surface area contributed by atoms with E-state index in [9.17, 15) is 14.9 Å². The van der Waals surface area contributed by atoms with Crippen molar-refractivity contribution in [1.29, 1.82) is 5.26 Å². The molecule has 7 heteroatoms. The van der Waals surface area contributed by atoms with Crippen LogP contribution in [0.1, 0.15) is 19.8 Å². The first-order chi connectivity index (χ1) is 12.0. The number of esters is 1. The van der Waals surface area contributed by atoms with E-state index < -0.39 is 5.91 Å². The second kappa shape index (κ2) is 8.73. The number of piperidine rings is 1. The van der Waals surface area contributed by atoms with E-state index in [1.807, 2.05) is 11.0 Å². The van der Waals surface area contributed by atoms with Crippen LogP contribution in [0.2, 0.25) is 0 Å². The van der Waals surface area contributed by atoms with E-state index >= 15 is 0 Å². The topological polar surface area (TPSA) is 108 Å². The van der Waals surface area contributed by atoms with Crippen LogP contribution in [-0.2, 0) is 14.3 Å². The molecule has 1 heterocycles. The number of nitrogens with zero attached hydrogens (tertiary/aromatic N) is 2. The van der Waals surface area contributed by atoms with Crippen molar-refractivity contribution in [2.45, 2.75) is 19.8 Å². The molecule has 1 amide bonds. The first-order valence-electron chi connectivity index (χ1n) is 8.23. The Hall–Kier alpha value is -3.01. The van der Waals surface area contributed by atoms with E-state index in [1.54, 1.807) is 37.4 Å². The predicted octanol–water partition coefficient (Wildman–Crippen LogP) is 1.89. The summed E-state index contributed by atoms with van der Waals surface area (Å²) in [6.45, 7) is 3.37. The molecule has 1 aromatic carbocycles. The zero-order valence-corrected chi connectivity index (χ0v) is 14.2. The van der Waals surface area contributed by atoms with Gasteiger partial charge in [-0.25, -0.2) is 0 Å². The third-order valence-corrected chi connectivity index (χ3v) is 3.99. The Labute approximate surface area is 147 Å². The van der Waals surface area contributed by atoms with Crippen LogP contribution < -0.4 is 11.1 Å². The standard InChI is InChI=1S/C18H22N4O3/c1-2-25-18(24)13-7-9-22(10-8-13)12-14(11-19)17(23)21-16-5-3-15(20)4-6-16/h3-6,12-13H,2,7-10,20H2,1H3,(H,21,23)/b14-12-. The van der Waals surface area contributed by atoms with E-state index in [0.29, 0.717) is 43.9 Å². The molecule has 0 bridgehead atoms. The summed E-state index contributed by atoms with van der Waals surface area (Å²) < 4.78 is 5.03. The molecule has 1 aliphatic heterocycles. The van der Waals surface area contributed by atoms with E-state index in [2.05, 4.69) is 5.32 Å². The summed E-state index contributed by atoms with van der Waals surface area (Å²) in [5.41, 5.74) is 6.79. The quantitative estimate of drug-likeness (QED) is 0.366. The van der Waals surface area contributed by atoms with Gasteiger partial charge in [0.15, 0.2) is 0 Å². The summed E-state index contributed by atoms with van der Waals surface area (Å²) >= 11 is 0. The molecule has 0 unspecified atom stereocenters. The summed E-state index contributed by atoms with van der Waals surface area (Å²) in [5, 5.41) is 11.9. The summed E-state index contributed by atoms with van der Waals surface area (Å²) in [5.74, 6) is -0.758. The van der Waals surface area contributed by atoms with Gasteiger partial charge < -0.3 is 20.7 Å². The van der Waals surface area contributed by atoms with Crippen LogP contribution in [0, 0.1) is 17.2 Å². The van der Waals surface area contributed by atoms with Crippen LogP contribution in [0.5, 0.6) is 0 Å². The minimum atomic E-state index is -0.472. The maximum Gasteiger partial charge on any atom is 0.309 e. The number of ether oxygens (including phenoxy) is 1. The van der Waals surface area contributed by atoms with Crippen LogP contribution in [0.15, 0.2) is 36.0 Å². The van der Waals surface area contributed by atoms with Gasteiger partial charge in [-0.3, -0.25) is 9.59 Å². The van der Waals surface area contributed by atoms with Gasteiger partial charge in [0.2, 0.25) is 0 Å². The second-order valence-corrected chi connectivity index (χ2v) is 5.79. The third kappa shape index (κ3) is 5.24. The van der Waals surface area contributed by atoms with Crippen molar-refractivity contribution in [3.63, 3.8) is 0 Å². The van der Waals surface area contributed by atoms with Crippen LogP contribution in [-0.4, -0.2) is 36.5 Å². The number of anilines is 2. The number of likely N-dealkylation sites (tertiary alicyclic amines) is 1. The summed E-state index contributed by atoms with van der Waals surface area (Å²) in [6.07, 6.45) is 2.84. The lowest BCUT2D eigenvalue weighted by atomic mass is 9.97. The van der Waals surface area contributed by atoms with Crippen molar-refractivity contribution in [3.05, 3.63) is 36.0 Å². The van der Waals surface area contributed by atoms with E-state index in [4.69, 9.17) is 10.5 Å². The number of nitrogens with one attached hydrogen (secondary N) is 1. The minimum Gasteiger partial charge on any atom is -0.466 e. The molecule has 132 valence electrons. The number of rotatable bonds is 5. The highest BCUT2D eigenvalue weighted by atomic mass is 16.5. The lowest BCUT2D eigenvalue weighted by molar-refractivity contribution is -0.149. The predicted molar refractivity (Wildman–Crippen MR) is 94.1 cm³/mol. The molecule has 0 radical (unpaired) electrons. The van der Waals surface area contributed by atoms with E-state index in [1.165, 1.54) is 0 Å². The molecule has 0 spiro atoms. The molecule has 0 atom stereocenters. The Morgan fingerprint density at radius 3 is 2.56 bits per heavy atom. The maximum atomic E-state index is 12.2. The van der Waals surface area contributed by atoms with Crippen molar-refractivity contribution in [1.82, 2.24) is 4.90 Å². The molecule has 1 aliphatic rings. The Balaban J connectivity index is 1.94. The summed E-state index contributed by atoms with van der Waals surface area (Å²) in [6, 6.07) is 8.62. The number of nitrogen functional groups attached to an aromatic ring is 1. The minimum absolute atomic E-state index is 0.0198. The van der Waals surface area contributed by atoms with Gasteiger partial charge in [-0.05, 0) is 44.0 Å². The van der Waals surface area contributed by atoms with Crippen molar-refractivity contribution in [2.24, 2.45) is 5.92 Å². The number of benzene rings is 1. The zero-order chi connectivity index (χ0) is 18.2. The number of carbonyl (C=O) groups excluding carboxylic acids is 2. The van der Waals surface area contributed by atoms with Crippen molar-refractivity contribution < 1.29 is 14.3 Å². The first-order valence-corrected chi connectivity index (χ1v) is 8.23.